The van der Waals surface area contributed by atoms with Crippen molar-refractivity contribution < 1.29 is 13.9 Å². The highest BCUT2D eigenvalue weighted by molar-refractivity contribution is 5.64. The van der Waals surface area contributed by atoms with E-state index in [1.807, 2.05) is 31.3 Å². The zero-order valence-electron chi connectivity index (χ0n) is 23.6. The number of aromatic nitrogens is 1. The molecule has 0 saturated carbocycles. The Morgan fingerprint density at radius 2 is 1.51 bits per heavy atom. The first-order valence-corrected chi connectivity index (χ1v) is 15.1. The van der Waals surface area contributed by atoms with E-state index in [1.165, 1.54) is 64.2 Å². The minimum Gasteiger partial charge on any atom is -0.348 e. The van der Waals surface area contributed by atoms with Crippen LogP contribution in [-0.4, -0.2) is 24.4 Å². The van der Waals surface area contributed by atoms with Gasteiger partial charge in [0, 0.05) is 29.2 Å². The van der Waals surface area contributed by atoms with Crippen molar-refractivity contribution in [2.45, 2.75) is 123 Å². The Bertz CT molecular complexity index is 863. The first-order chi connectivity index (χ1) is 18.2. The lowest BCUT2D eigenvalue weighted by Gasteiger charge is -2.29. The van der Waals surface area contributed by atoms with Crippen molar-refractivity contribution >= 4 is 0 Å². The standard InChI is InChI=1S/C33H50FNO2/c1-4-7-9-11-12-13-17-26-24-36-33(37-25-26)27-21-22-32(35-23-27)30-20-16-15-18-28(30)29(31(34)6-3)19-14-10-8-5-2/h15-16,18,20-23,26,29,31,33H,4-14,17,19,24-25H2,1-3H3/t26-,29?,31?,33-. The number of benzene rings is 1. The van der Waals surface area contributed by atoms with Crippen LogP contribution < -0.4 is 0 Å². The lowest BCUT2D eigenvalue weighted by atomic mass is 9.84. The second-order valence-corrected chi connectivity index (χ2v) is 10.9. The molecule has 2 unspecified atom stereocenters. The third kappa shape index (κ3) is 9.48. The zero-order valence-corrected chi connectivity index (χ0v) is 23.6. The summed E-state index contributed by atoms with van der Waals surface area (Å²) < 4.78 is 27.3. The molecule has 0 amide bonds. The molecule has 1 aliphatic heterocycles. The average Bonchev–Trinajstić information content (AvgIpc) is 2.95. The number of ether oxygens (including phenoxy) is 2. The molecule has 2 atom stereocenters. The van der Waals surface area contributed by atoms with Crippen LogP contribution in [0.2, 0.25) is 0 Å². The first kappa shape index (κ1) is 29.8. The fraction of sp³-hybridized carbons (Fsp3) is 0.667. The van der Waals surface area contributed by atoms with Gasteiger partial charge in [0.15, 0.2) is 6.29 Å². The second kappa shape index (κ2) is 16.9. The van der Waals surface area contributed by atoms with Gasteiger partial charge in [0.05, 0.1) is 18.9 Å². The number of hydrogen-bond donors (Lipinski definition) is 0. The predicted molar refractivity (Wildman–Crippen MR) is 152 cm³/mol. The highest BCUT2D eigenvalue weighted by Crippen LogP contribution is 2.36. The first-order valence-electron chi connectivity index (χ1n) is 15.1. The predicted octanol–water partition coefficient (Wildman–Crippen LogP) is 9.96. The fourth-order valence-corrected chi connectivity index (χ4v) is 5.48. The molecule has 0 N–H and O–H groups in total. The van der Waals surface area contributed by atoms with Crippen LogP contribution in [0.15, 0.2) is 42.6 Å². The summed E-state index contributed by atoms with van der Waals surface area (Å²) in [7, 11) is 0. The van der Waals surface area contributed by atoms with Gasteiger partial charge in [-0.3, -0.25) is 4.98 Å². The number of rotatable bonds is 17. The molecule has 1 aromatic heterocycles. The molecule has 4 heteroatoms. The van der Waals surface area contributed by atoms with Crippen LogP contribution in [-0.2, 0) is 9.47 Å². The van der Waals surface area contributed by atoms with Gasteiger partial charge in [-0.2, -0.15) is 0 Å². The van der Waals surface area contributed by atoms with Gasteiger partial charge in [0.25, 0.3) is 0 Å². The maximum atomic E-state index is 15.1. The van der Waals surface area contributed by atoms with Crippen molar-refractivity contribution in [1.29, 1.82) is 0 Å². The van der Waals surface area contributed by atoms with Gasteiger partial charge in [-0.25, -0.2) is 4.39 Å². The van der Waals surface area contributed by atoms with Crippen LogP contribution in [0.3, 0.4) is 0 Å². The summed E-state index contributed by atoms with van der Waals surface area (Å²) in [5.41, 5.74) is 3.96. The second-order valence-electron chi connectivity index (χ2n) is 10.9. The molecule has 0 aliphatic carbocycles. The number of nitrogens with zero attached hydrogens (tertiary/aromatic N) is 1. The monoisotopic (exact) mass is 511 g/mol. The van der Waals surface area contributed by atoms with Crippen molar-refractivity contribution in [3.63, 3.8) is 0 Å². The van der Waals surface area contributed by atoms with Crippen LogP contribution in [0.25, 0.3) is 11.3 Å². The van der Waals surface area contributed by atoms with Crippen LogP contribution in [0, 0.1) is 5.92 Å². The Hall–Kier alpha value is -1.78. The molecule has 0 radical (unpaired) electrons. The van der Waals surface area contributed by atoms with Crippen LogP contribution in [0.5, 0.6) is 0 Å². The van der Waals surface area contributed by atoms with Gasteiger partial charge in [-0.1, -0.05) is 115 Å². The Balaban J connectivity index is 1.58. The van der Waals surface area contributed by atoms with E-state index < -0.39 is 6.17 Å². The van der Waals surface area contributed by atoms with Gasteiger partial charge in [-0.15, -0.1) is 0 Å². The summed E-state index contributed by atoms with van der Waals surface area (Å²) in [6.45, 7) is 7.92. The summed E-state index contributed by atoms with van der Waals surface area (Å²) in [6.07, 6.45) is 15.8. The topological polar surface area (TPSA) is 31.4 Å². The van der Waals surface area contributed by atoms with Gasteiger partial charge < -0.3 is 9.47 Å². The Morgan fingerprint density at radius 3 is 2.19 bits per heavy atom. The number of unbranched alkanes of at least 4 members (excludes halogenated alkanes) is 8. The minimum atomic E-state index is -0.838. The largest absolute Gasteiger partial charge is 0.348 e. The van der Waals surface area contributed by atoms with E-state index >= 15 is 4.39 Å². The van der Waals surface area contributed by atoms with Crippen molar-refractivity contribution in [2.24, 2.45) is 5.92 Å². The molecule has 1 aromatic carbocycles. The van der Waals surface area contributed by atoms with Crippen LogP contribution in [0.1, 0.15) is 128 Å². The van der Waals surface area contributed by atoms with Crippen molar-refractivity contribution in [3.05, 3.63) is 53.7 Å². The quantitative estimate of drug-likeness (QED) is 0.198. The molecular weight excluding hydrogens is 461 g/mol. The van der Waals surface area contributed by atoms with Gasteiger partial charge in [-0.05, 0) is 30.9 Å². The number of alkyl halides is 1. The normalized spacial score (nSPS) is 19.6. The van der Waals surface area contributed by atoms with E-state index in [0.717, 1.165) is 48.4 Å². The van der Waals surface area contributed by atoms with E-state index in [0.29, 0.717) is 12.3 Å². The smallest absolute Gasteiger partial charge is 0.185 e. The lowest BCUT2D eigenvalue weighted by molar-refractivity contribution is -0.206. The van der Waals surface area contributed by atoms with Crippen molar-refractivity contribution in [1.82, 2.24) is 4.98 Å². The molecule has 0 spiro atoms. The molecule has 37 heavy (non-hydrogen) atoms. The third-order valence-corrected chi connectivity index (χ3v) is 7.82. The van der Waals surface area contributed by atoms with Gasteiger partial charge in [0.1, 0.15) is 6.17 Å². The molecule has 3 rings (SSSR count). The van der Waals surface area contributed by atoms with E-state index in [2.05, 4.69) is 32.0 Å². The highest BCUT2D eigenvalue weighted by Gasteiger charge is 2.26. The van der Waals surface area contributed by atoms with E-state index in [-0.39, 0.29) is 12.2 Å². The minimum absolute atomic E-state index is 0.0897. The Kier molecular flexibility index (Phi) is 13.6. The van der Waals surface area contributed by atoms with Crippen molar-refractivity contribution in [3.8, 4) is 11.3 Å². The lowest BCUT2D eigenvalue weighted by Crippen LogP contribution is -2.27. The molecule has 3 nitrogen and oxygen atoms in total. The Morgan fingerprint density at radius 1 is 0.838 bits per heavy atom. The van der Waals surface area contributed by atoms with Gasteiger partial charge >= 0.3 is 0 Å². The highest BCUT2D eigenvalue weighted by atomic mass is 19.1. The summed E-state index contributed by atoms with van der Waals surface area (Å²) in [5.74, 6) is 0.399. The summed E-state index contributed by atoms with van der Waals surface area (Å²) in [6, 6.07) is 12.3. The van der Waals surface area contributed by atoms with Gasteiger partial charge in [0.2, 0.25) is 0 Å². The zero-order chi connectivity index (χ0) is 26.3. The van der Waals surface area contributed by atoms with E-state index in [9.17, 15) is 0 Å². The number of hydrogen-bond acceptors (Lipinski definition) is 3. The molecule has 1 fully saturated rings. The maximum Gasteiger partial charge on any atom is 0.185 e. The maximum absolute atomic E-state index is 15.1. The summed E-state index contributed by atoms with van der Waals surface area (Å²) in [5, 5.41) is 0. The van der Waals surface area contributed by atoms with E-state index in [1.54, 1.807) is 0 Å². The van der Waals surface area contributed by atoms with Crippen LogP contribution in [0.4, 0.5) is 4.39 Å². The molecule has 2 heterocycles. The summed E-state index contributed by atoms with van der Waals surface area (Å²) in [4.78, 5) is 4.78. The molecule has 1 aliphatic rings. The molecule has 2 aromatic rings. The molecular formula is C33H50FNO2. The number of halogens is 1. The summed E-state index contributed by atoms with van der Waals surface area (Å²) >= 11 is 0. The molecule has 206 valence electrons. The van der Waals surface area contributed by atoms with Crippen molar-refractivity contribution in [2.75, 3.05) is 13.2 Å². The third-order valence-electron chi connectivity index (χ3n) is 7.82. The van der Waals surface area contributed by atoms with E-state index in [4.69, 9.17) is 14.5 Å². The number of pyridine rings is 1. The average molecular weight is 512 g/mol. The fourth-order valence-electron chi connectivity index (χ4n) is 5.48. The Labute approximate surface area is 225 Å². The molecule has 1 saturated heterocycles. The van der Waals surface area contributed by atoms with Crippen LogP contribution >= 0.6 is 0 Å². The SMILES string of the molecule is CCCCCCCC[C@H]1CO[C@H](c2ccc(-c3ccccc3C(CCCCCC)C(F)CC)nc2)OC1. The molecule has 0 bridgehead atoms.